The van der Waals surface area contributed by atoms with E-state index in [4.69, 9.17) is 4.74 Å². The average molecular weight is 453 g/mol. The Hall–Kier alpha value is -3.32. The average Bonchev–Trinajstić information content (AvgIpc) is 2.79. The molecular weight excluding hydrogens is 424 g/mol. The first-order valence-corrected chi connectivity index (χ1v) is 11.9. The van der Waals surface area contributed by atoms with Crippen LogP contribution in [0.4, 0.5) is 5.69 Å². The van der Waals surface area contributed by atoms with Gasteiger partial charge in [-0.15, -0.1) is 0 Å². The van der Waals surface area contributed by atoms with Gasteiger partial charge in [0, 0.05) is 0 Å². The summed E-state index contributed by atoms with van der Waals surface area (Å²) >= 11 is 0. The van der Waals surface area contributed by atoms with E-state index in [9.17, 15) is 13.2 Å². The maximum absolute atomic E-state index is 13.5. The first-order chi connectivity index (χ1) is 15.3. The maximum atomic E-state index is 13.5. The SMILES string of the molecule is CCOc1ccc(N(CC(=O)N[C@H](C)c2ccccc2)S(=O)(=O)c2ccc(C)cc2)cc1. The first kappa shape index (κ1) is 23.3. The fraction of sp³-hybridized carbons (Fsp3) is 0.240. The normalized spacial score (nSPS) is 12.1. The van der Waals surface area contributed by atoms with Crippen molar-refractivity contribution in [3.8, 4) is 5.75 Å². The van der Waals surface area contributed by atoms with Crippen LogP contribution in [0.3, 0.4) is 0 Å². The fourth-order valence-electron chi connectivity index (χ4n) is 3.27. The van der Waals surface area contributed by atoms with Gasteiger partial charge in [-0.2, -0.15) is 0 Å². The zero-order valence-corrected chi connectivity index (χ0v) is 19.3. The standard InChI is InChI=1S/C25H28N2O4S/c1-4-31-23-14-12-22(13-15-23)27(32(29,30)24-16-10-19(2)11-17-24)18-25(28)26-20(3)21-8-6-5-7-9-21/h5-17,20H,4,18H2,1-3H3,(H,26,28)/t20-/m1/s1. The molecule has 0 unspecified atom stereocenters. The van der Waals surface area contributed by atoms with Crippen LogP contribution in [0.2, 0.25) is 0 Å². The maximum Gasteiger partial charge on any atom is 0.264 e. The van der Waals surface area contributed by atoms with E-state index in [0.717, 1.165) is 15.4 Å². The van der Waals surface area contributed by atoms with Gasteiger partial charge in [-0.3, -0.25) is 9.10 Å². The lowest BCUT2D eigenvalue weighted by Gasteiger charge is -2.25. The highest BCUT2D eigenvalue weighted by molar-refractivity contribution is 7.92. The summed E-state index contributed by atoms with van der Waals surface area (Å²) in [4.78, 5) is 13.0. The van der Waals surface area contributed by atoms with E-state index in [0.29, 0.717) is 18.0 Å². The number of rotatable bonds is 9. The molecule has 0 aliphatic heterocycles. The largest absolute Gasteiger partial charge is 0.494 e. The molecule has 3 aromatic rings. The molecule has 0 spiro atoms. The number of carbonyl (C=O) groups is 1. The molecule has 0 aliphatic carbocycles. The highest BCUT2D eigenvalue weighted by atomic mass is 32.2. The Balaban J connectivity index is 1.89. The number of hydrogen-bond acceptors (Lipinski definition) is 4. The molecule has 7 heteroatoms. The fourth-order valence-corrected chi connectivity index (χ4v) is 4.69. The summed E-state index contributed by atoms with van der Waals surface area (Å²) in [6.45, 7) is 5.79. The van der Waals surface area contributed by atoms with Crippen LogP contribution >= 0.6 is 0 Å². The molecule has 1 atom stereocenters. The summed E-state index contributed by atoms with van der Waals surface area (Å²) in [6.07, 6.45) is 0. The molecule has 3 aromatic carbocycles. The third kappa shape index (κ3) is 5.68. The van der Waals surface area contributed by atoms with E-state index in [1.807, 2.05) is 51.1 Å². The number of nitrogens with one attached hydrogen (secondary N) is 1. The van der Waals surface area contributed by atoms with E-state index < -0.39 is 15.9 Å². The molecule has 1 N–H and O–H groups in total. The van der Waals surface area contributed by atoms with Crippen molar-refractivity contribution in [3.05, 3.63) is 90.0 Å². The van der Waals surface area contributed by atoms with E-state index in [2.05, 4.69) is 5.32 Å². The number of hydrogen-bond donors (Lipinski definition) is 1. The Morgan fingerprint density at radius 3 is 2.19 bits per heavy atom. The molecule has 0 bridgehead atoms. The van der Waals surface area contributed by atoms with E-state index >= 15 is 0 Å². The highest BCUT2D eigenvalue weighted by Gasteiger charge is 2.27. The van der Waals surface area contributed by atoms with Crippen LogP contribution in [0, 0.1) is 6.92 Å². The summed E-state index contributed by atoms with van der Waals surface area (Å²) in [5.41, 5.74) is 2.28. The van der Waals surface area contributed by atoms with E-state index in [1.165, 1.54) is 0 Å². The summed E-state index contributed by atoms with van der Waals surface area (Å²) in [6, 6.07) is 22.5. The Kier molecular flexibility index (Phi) is 7.53. The number of carbonyl (C=O) groups excluding carboxylic acids is 1. The smallest absolute Gasteiger partial charge is 0.264 e. The Labute approximate surface area is 189 Å². The second-order valence-corrected chi connectivity index (χ2v) is 9.31. The third-order valence-corrected chi connectivity index (χ3v) is 6.80. The van der Waals surface area contributed by atoms with Gasteiger partial charge >= 0.3 is 0 Å². The summed E-state index contributed by atoms with van der Waals surface area (Å²) < 4.78 is 33.5. The molecule has 0 radical (unpaired) electrons. The predicted octanol–water partition coefficient (Wildman–Crippen LogP) is 4.47. The van der Waals surface area contributed by atoms with Crippen LogP contribution in [-0.4, -0.2) is 27.5 Å². The van der Waals surface area contributed by atoms with Crippen LogP contribution in [0.1, 0.15) is 31.0 Å². The van der Waals surface area contributed by atoms with Gasteiger partial charge in [0.15, 0.2) is 0 Å². The number of sulfonamides is 1. The van der Waals surface area contributed by atoms with Crippen molar-refractivity contribution in [3.63, 3.8) is 0 Å². The quantitative estimate of drug-likeness (QED) is 0.520. The topological polar surface area (TPSA) is 75.7 Å². The minimum atomic E-state index is -3.96. The molecule has 1 amide bonds. The molecule has 0 aromatic heterocycles. The van der Waals surface area contributed by atoms with Crippen molar-refractivity contribution in [1.82, 2.24) is 5.32 Å². The second-order valence-electron chi connectivity index (χ2n) is 7.45. The van der Waals surface area contributed by atoms with E-state index in [-0.39, 0.29) is 17.5 Å². The predicted molar refractivity (Wildman–Crippen MR) is 126 cm³/mol. The summed E-state index contributed by atoms with van der Waals surface area (Å²) in [5.74, 6) is 0.233. The zero-order chi connectivity index (χ0) is 23.1. The number of amides is 1. The Bertz CT molecular complexity index is 1130. The van der Waals surface area contributed by atoms with Gasteiger partial charge in [0.05, 0.1) is 23.2 Å². The van der Waals surface area contributed by atoms with Crippen molar-refractivity contribution < 1.29 is 17.9 Å². The van der Waals surface area contributed by atoms with Crippen molar-refractivity contribution in [2.24, 2.45) is 0 Å². The monoisotopic (exact) mass is 452 g/mol. The summed E-state index contributed by atoms with van der Waals surface area (Å²) in [5, 5.41) is 2.89. The Morgan fingerprint density at radius 2 is 1.59 bits per heavy atom. The van der Waals surface area contributed by atoms with Gasteiger partial charge in [-0.25, -0.2) is 8.42 Å². The van der Waals surface area contributed by atoms with Gasteiger partial charge in [0.1, 0.15) is 12.3 Å². The van der Waals surface area contributed by atoms with E-state index in [1.54, 1.807) is 48.5 Å². The number of aryl methyl sites for hydroxylation is 1. The first-order valence-electron chi connectivity index (χ1n) is 10.5. The summed E-state index contributed by atoms with van der Waals surface area (Å²) in [7, 11) is -3.96. The molecule has 0 fully saturated rings. The Morgan fingerprint density at radius 1 is 0.969 bits per heavy atom. The molecule has 0 heterocycles. The molecule has 0 saturated carbocycles. The molecule has 3 rings (SSSR count). The lowest BCUT2D eigenvalue weighted by Crippen LogP contribution is -2.41. The highest BCUT2D eigenvalue weighted by Crippen LogP contribution is 2.26. The molecule has 168 valence electrons. The molecular formula is C25H28N2O4S. The van der Waals surface area contributed by atoms with Gasteiger partial charge in [0.25, 0.3) is 10.0 Å². The van der Waals surface area contributed by atoms with Crippen molar-refractivity contribution in [2.75, 3.05) is 17.5 Å². The van der Waals surface area contributed by atoms with Crippen molar-refractivity contribution in [1.29, 1.82) is 0 Å². The van der Waals surface area contributed by atoms with Crippen molar-refractivity contribution in [2.45, 2.75) is 31.7 Å². The molecule has 32 heavy (non-hydrogen) atoms. The number of ether oxygens (including phenoxy) is 1. The van der Waals surface area contributed by atoms with Crippen LogP contribution < -0.4 is 14.4 Å². The van der Waals surface area contributed by atoms with Crippen molar-refractivity contribution >= 4 is 21.6 Å². The van der Waals surface area contributed by atoms with Gasteiger partial charge < -0.3 is 10.1 Å². The lowest BCUT2D eigenvalue weighted by molar-refractivity contribution is -0.120. The number of anilines is 1. The molecule has 0 saturated heterocycles. The number of nitrogens with zero attached hydrogens (tertiary/aromatic N) is 1. The zero-order valence-electron chi connectivity index (χ0n) is 18.5. The molecule has 0 aliphatic rings. The number of benzene rings is 3. The van der Waals surface area contributed by atoms with Gasteiger partial charge in [-0.05, 0) is 62.7 Å². The second kappa shape index (κ2) is 10.3. The lowest BCUT2D eigenvalue weighted by atomic mass is 10.1. The third-order valence-electron chi connectivity index (χ3n) is 5.01. The van der Waals surface area contributed by atoms with Gasteiger partial charge in [0.2, 0.25) is 5.91 Å². The van der Waals surface area contributed by atoms with Gasteiger partial charge in [-0.1, -0.05) is 48.0 Å². The minimum Gasteiger partial charge on any atom is -0.494 e. The van der Waals surface area contributed by atoms with Crippen LogP contribution in [-0.2, 0) is 14.8 Å². The molecule has 6 nitrogen and oxygen atoms in total. The minimum absolute atomic E-state index is 0.126. The van der Waals surface area contributed by atoms with Crippen LogP contribution in [0.25, 0.3) is 0 Å². The van der Waals surface area contributed by atoms with Crippen LogP contribution in [0.15, 0.2) is 83.8 Å². The van der Waals surface area contributed by atoms with Crippen LogP contribution in [0.5, 0.6) is 5.75 Å².